The second-order valence-electron chi connectivity index (χ2n) is 6.55. The van der Waals surface area contributed by atoms with Crippen LogP contribution in [0.1, 0.15) is 5.56 Å². The fourth-order valence-electron chi connectivity index (χ4n) is 3.65. The monoisotopic (exact) mass is 429 g/mol. The van der Waals surface area contributed by atoms with Crippen molar-refractivity contribution >= 4 is 52.1 Å². The fraction of sp³-hybridized carbons (Fsp3) is 0.0455. The molecule has 0 amide bonds. The van der Waals surface area contributed by atoms with Gasteiger partial charge < -0.3 is 0 Å². The molecule has 28 heavy (non-hydrogen) atoms. The predicted octanol–water partition coefficient (Wildman–Crippen LogP) is 3.96. The van der Waals surface area contributed by atoms with Crippen LogP contribution in [0, 0.1) is 5.82 Å². The number of hydrogen-bond donors (Lipinski definition) is 1. The molecule has 3 aromatic rings. The number of likely N-dealkylation sites (N-methyl/N-ethyl adjacent to an activating group) is 1. The van der Waals surface area contributed by atoms with Gasteiger partial charge in [0, 0.05) is 16.0 Å². The second kappa shape index (κ2) is 7.37. The van der Waals surface area contributed by atoms with E-state index in [1.165, 1.54) is 6.07 Å². The lowest BCUT2D eigenvalue weighted by Crippen LogP contribution is -3.02. The van der Waals surface area contributed by atoms with Crippen molar-refractivity contribution in [1.82, 2.24) is 0 Å². The van der Waals surface area contributed by atoms with E-state index in [4.69, 9.17) is 16.6 Å². The number of rotatable bonds is 2. The number of nitrogens with one attached hydrogen (secondary N) is 1. The maximum absolute atomic E-state index is 14.1. The average molecular weight is 430 g/mol. The molecule has 0 saturated carbocycles. The normalized spacial score (nSPS) is 16.7. The standard InChI is InChI=1S/C22H14ClFN2S.ClH/c1-26-19-11-8-14(24)12-17(19)22(27-15-9-6-13(23)7-10-15)20-21(26)16-4-2-3-5-18(16)25-20;/h2-12H,1H3;1H/p+1. The van der Waals surface area contributed by atoms with Gasteiger partial charge in [0.2, 0.25) is 0 Å². The second-order valence-corrected chi connectivity index (χ2v) is 8.07. The maximum atomic E-state index is 14.1. The molecule has 0 radical (unpaired) electrons. The number of halogens is 3. The maximum Gasteiger partial charge on any atom is 0.172 e. The number of para-hydroxylation sites is 1. The Kier molecular flexibility index (Phi) is 5.06. The Morgan fingerprint density at radius 3 is 2.54 bits per heavy atom. The topological polar surface area (TPSA) is 16.8 Å². The molecule has 2 nitrogen and oxygen atoms in total. The fourth-order valence-corrected chi connectivity index (χ4v) is 4.80. The van der Waals surface area contributed by atoms with Crippen molar-refractivity contribution in [1.29, 1.82) is 0 Å². The summed E-state index contributed by atoms with van der Waals surface area (Å²) in [5.41, 5.74) is 4.01. The first-order valence-electron chi connectivity index (χ1n) is 8.62. The quantitative estimate of drug-likeness (QED) is 0.651. The van der Waals surface area contributed by atoms with Gasteiger partial charge >= 0.3 is 0 Å². The van der Waals surface area contributed by atoms with Crippen molar-refractivity contribution in [3.8, 4) is 0 Å². The van der Waals surface area contributed by atoms with E-state index in [1.807, 2.05) is 48.5 Å². The lowest BCUT2D eigenvalue weighted by molar-refractivity contribution is -0.728. The molecule has 0 spiro atoms. The summed E-state index contributed by atoms with van der Waals surface area (Å²) in [6, 6.07) is 20.8. The molecule has 6 heteroatoms. The molecule has 0 saturated heterocycles. The van der Waals surface area contributed by atoms with Gasteiger partial charge in [-0.15, -0.1) is 12.4 Å². The first-order chi connectivity index (χ1) is 13.1. The van der Waals surface area contributed by atoms with Gasteiger partial charge in [-0.2, -0.15) is 0 Å². The van der Waals surface area contributed by atoms with Crippen LogP contribution in [0.2, 0.25) is 5.02 Å². The van der Waals surface area contributed by atoms with Crippen molar-refractivity contribution in [2.24, 2.45) is 4.99 Å². The van der Waals surface area contributed by atoms with Crippen LogP contribution in [0.15, 0.2) is 82.3 Å². The zero-order valence-electron chi connectivity index (χ0n) is 14.9. The number of thioether (sulfide) groups is 1. The van der Waals surface area contributed by atoms with Gasteiger partial charge in [-0.1, -0.05) is 35.5 Å². The third-order valence-corrected chi connectivity index (χ3v) is 6.27. The van der Waals surface area contributed by atoms with Crippen LogP contribution >= 0.6 is 35.8 Å². The van der Waals surface area contributed by atoms with Gasteiger partial charge in [-0.3, -0.25) is 4.90 Å². The molecule has 140 valence electrons. The summed E-state index contributed by atoms with van der Waals surface area (Å²) in [5.74, 6) is -0.240. The van der Waals surface area contributed by atoms with E-state index in [1.54, 1.807) is 17.8 Å². The molecule has 0 aromatic heterocycles. The Morgan fingerprint density at radius 2 is 1.75 bits per heavy atom. The third-order valence-electron chi connectivity index (χ3n) is 4.90. The van der Waals surface area contributed by atoms with Crippen LogP contribution < -0.4 is 15.5 Å². The molecule has 2 aliphatic heterocycles. The summed E-state index contributed by atoms with van der Waals surface area (Å²) in [6.45, 7) is 0. The number of hydrogen-bond acceptors (Lipinski definition) is 2. The highest BCUT2D eigenvalue weighted by atomic mass is 35.5. The minimum absolute atomic E-state index is 0. The van der Waals surface area contributed by atoms with Crippen molar-refractivity contribution < 1.29 is 9.29 Å². The third kappa shape index (κ3) is 3.07. The Labute approximate surface area is 177 Å². The van der Waals surface area contributed by atoms with Gasteiger partial charge in [0.25, 0.3) is 0 Å². The Balaban J connectivity index is 0.00000192. The molecule has 2 heterocycles. The van der Waals surface area contributed by atoms with Crippen LogP contribution in [0.3, 0.4) is 0 Å². The molecule has 0 aliphatic carbocycles. The molecule has 3 aromatic carbocycles. The number of fused-ring (bicyclic) bond motifs is 3. The summed E-state index contributed by atoms with van der Waals surface area (Å²) in [5, 5.41) is 2.79. The van der Waals surface area contributed by atoms with Gasteiger partial charge in [-0.05, 0) is 48.5 Å². The van der Waals surface area contributed by atoms with Crippen LogP contribution in [-0.2, 0) is 0 Å². The van der Waals surface area contributed by atoms with E-state index >= 15 is 0 Å². The van der Waals surface area contributed by atoms with Crippen molar-refractivity contribution in [3.05, 3.63) is 99.4 Å². The SMILES string of the molecule is C[NH+]1C2=c3ccccc3=NC2=C(Sc2ccc(Cl)cc2)c2cc(F)ccc21.Cl. The molecule has 1 unspecified atom stereocenters. The van der Waals surface area contributed by atoms with Crippen LogP contribution in [0.5, 0.6) is 0 Å². The van der Waals surface area contributed by atoms with E-state index in [0.717, 1.165) is 47.9 Å². The van der Waals surface area contributed by atoms with Gasteiger partial charge in [0.05, 0.1) is 28.1 Å². The number of benzene rings is 3. The van der Waals surface area contributed by atoms with Gasteiger partial charge in [0.15, 0.2) is 5.70 Å². The lowest BCUT2D eigenvalue weighted by Gasteiger charge is -2.25. The molecule has 1 atom stereocenters. The summed E-state index contributed by atoms with van der Waals surface area (Å²) in [6.07, 6.45) is 0. The van der Waals surface area contributed by atoms with Crippen molar-refractivity contribution in [2.45, 2.75) is 4.90 Å². The Morgan fingerprint density at radius 1 is 1.00 bits per heavy atom. The zero-order chi connectivity index (χ0) is 18.5. The molecular weight excluding hydrogens is 414 g/mol. The van der Waals surface area contributed by atoms with E-state index in [-0.39, 0.29) is 18.2 Å². The van der Waals surface area contributed by atoms with Crippen LogP contribution in [0.4, 0.5) is 10.1 Å². The largest absolute Gasteiger partial charge is 0.270 e. The summed E-state index contributed by atoms with van der Waals surface area (Å²) in [4.78, 5) is 8.05. The molecular formula is C22H16Cl2FN2S+. The van der Waals surface area contributed by atoms with Crippen LogP contribution in [0.25, 0.3) is 10.6 Å². The summed E-state index contributed by atoms with van der Waals surface area (Å²) >= 11 is 7.63. The highest BCUT2D eigenvalue weighted by Gasteiger charge is 2.35. The smallest absolute Gasteiger partial charge is 0.172 e. The predicted molar refractivity (Wildman–Crippen MR) is 115 cm³/mol. The van der Waals surface area contributed by atoms with Crippen LogP contribution in [-0.4, -0.2) is 7.05 Å². The van der Waals surface area contributed by atoms with Crippen molar-refractivity contribution in [3.63, 3.8) is 0 Å². The minimum atomic E-state index is -0.240. The Hall–Kier alpha value is -2.11. The zero-order valence-corrected chi connectivity index (χ0v) is 17.3. The van der Waals surface area contributed by atoms with Gasteiger partial charge in [0.1, 0.15) is 17.2 Å². The highest BCUT2D eigenvalue weighted by molar-refractivity contribution is 8.08. The number of quaternary nitrogens is 1. The van der Waals surface area contributed by atoms with Gasteiger partial charge in [-0.25, -0.2) is 9.38 Å². The van der Waals surface area contributed by atoms with E-state index in [0.29, 0.717) is 5.02 Å². The Bertz CT molecular complexity index is 1240. The van der Waals surface area contributed by atoms with E-state index in [9.17, 15) is 4.39 Å². The molecule has 0 fully saturated rings. The number of nitrogens with zero attached hydrogens (tertiary/aromatic N) is 1. The van der Waals surface area contributed by atoms with Crippen molar-refractivity contribution in [2.75, 3.05) is 7.05 Å². The lowest BCUT2D eigenvalue weighted by atomic mass is 10.0. The minimum Gasteiger partial charge on any atom is -0.270 e. The summed E-state index contributed by atoms with van der Waals surface area (Å²) < 4.78 is 14.1. The first-order valence-corrected chi connectivity index (χ1v) is 9.81. The highest BCUT2D eigenvalue weighted by Crippen LogP contribution is 2.43. The molecule has 2 aliphatic rings. The van der Waals surface area contributed by atoms with E-state index < -0.39 is 0 Å². The molecule has 0 bridgehead atoms. The summed E-state index contributed by atoms with van der Waals surface area (Å²) in [7, 11) is 2.09. The first kappa shape index (κ1) is 19.2. The van der Waals surface area contributed by atoms with E-state index in [2.05, 4.69) is 13.1 Å². The average Bonchev–Trinajstić information content (AvgIpc) is 3.06. The molecule has 5 rings (SSSR count). The molecule has 1 N–H and O–H groups in total.